The molecule has 2 saturated heterocycles. The van der Waals surface area contributed by atoms with Crippen LogP contribution in [-0.4, -0.2) is 47.3 Å². The quantitative estimate of drug-likeness (QED) is 0.830. The smallest absolute Gasteiger partial charge is 0.410 e. The summed E-state index contributed by atoms with van der Waals surface area (Å²) in [5.74, 6) is 0. The van der Waals surface area contributed by atoms with Crippen molar-refractivity contribution < 1.29 is 19.1 Å². The molecular weight excluding hydrogens is 332 g/mol. The molecule has 2 fully saturated rings. The lowest BCUT2D eigenvalue weighted by Gasteiger charge is -2.30. The average Bonchev–Trinajstić information content (AvgIpc) is 3.20. The largest absolute Gasteiger partial charge is 0.447 e. The van der Waals surface area contributed by atoms with Crippen molar-refractivity contribution in [1.82, 2.24) is 9.80 Å². The second kappa shape index (κ2) is 7.07. The van der Waals surface area contributed by atoms with Gasteiger partial charge < -0.3 is 9.47 Å². The Bertz CT molecular complexity index is 713. The number of carbonyl (C=O) groups is 2. The second-order valence-electron chi connectivity index (χ2n) is 6.52. The highest BCUT2D eigenvalue weighted by atomic mass is 16.6. The van der Waals surface area contributed by atoms with Gasteiger partial charge in [-0.15, -0.1) is 0 Å². The summed E-state index contributed by atoms with van der Waals surface area (Å²) in [7, 11) is 0. The van der Waals surface area contributed by atoms with E-state index in [0.29, 0.717) is 13.1 Å². The summed E-state index contributed by atoms with van der Waals surface area (Å²) in [5, 5.41) is 0. The van der Waals surface area contributed by atoms with E-state index in [0.717, 1.165) is 11.1 Å². The maximum absolute atomic E-state index is 12.3. The first kappa shape index (κ1) is 16.4. The van der Waals surface area contributed by atoms with Gasteiger partial charge in [0, 0.05) is 13.1 Å². The highest BCUT2D eigenvalue weighted by molar-refractivity contribution is 5.73. The van der Waals surface area contributed by atoms with Gasteiger partial charge in [-0.1, -0.05) is 60.7 Å². The number of amides is 2. The third-order valence-electron chi connectivity index (χ3n) is 4.86. The van der Waals surface area contributed by atoms with E-state index >= 15 is 0 Å². The predicted molar refractivity (Wildman–Crippen MR) is 94.2 cm³/mol. The first-order valence-electron chi connectivity index (χ1n) is 8.67. The molecule has 0 N–H and O–H groups in total. The Hall–Kier alpha value is -3.02. The molecule has 2 heterocycles. The van der Waals surface area contributed by atoms with Crippen LogP contribution in [0.15, 0.2) is 60.7 Å². The number of benzene rings is 2. The lowest BCUT2D eigenvalue weighted by Crippen LogP contribution is -2.49. The molecule has 6 heteroatoms. The van der Waals surface area contributed by atoms with E-state index < -0.39 is 0 Å². The molecule has 2 aliphatic rings. The van der Waals surface area contributed by atoms with E-state index in [-0.39, 0.29) is 37.5 Å². The summed E-state index contributed by atoms with van der Waals surface area (Å²) >= 11 is 0. The zero-order valence-electron chi connectivity index (χ0n) is 14.3. The van der Waals surface area contributed by atoms with Crippen LogP contribution in [0.1, 0.15) is 11.1 Å². The number of ether oxygens (including phenoxy) is 2. The number of hydrogen-bond donors (Lipinski definition) is 0. The van der Waals surface area contributed by atoms with Crippen LogP contribution in [0.3, 0.4) is 0 Å². The maximum Gasteiger partial charge on any atom is 0.410 e. The standard InChI is InChI=1S/C20H20N2O4/c23-19-21(11-15-7-3-1-4-8-15)17(13-25-19)18-14-26-20(24)22(18)12-16-9-5-2-6-10-16/h1-10,17-18H,11-14H2/t17-,18-/m1/s1. The van der Waals surface area contributed by atoms with E-state index in [9.17, 15) is 9.59 Å². The van der Waals surface area contributed by atoms with Gasteiger partial charge in [-0.25, -0.2) is 9.59 Å². The van der Waals surface area contributed by atoms with Crippen molar-refractivity contribution in [3.05, 3.63) is 71.8 Å². The fourth-order valence-electron chi connectivity index (χ4n) is 3.49. The van der Waals surface area contributed by atoms with E-state index in [1.807, 2.05) is 60.7 Å². The van der Waals surface area contributed by atoms with Crippen LogP contribution >= 0.6 is 0 Å². The van der Waals surface area contributed by atoms with Crippen LogP contribution in [0.2, 0.25) is 0 Å². The van der Waals surface area contributed by atoms with Crippen LogP contribution in [0.5, 0.6) is 0 Å². The van der Waals surface area contributed by atoms with E-state index in [1.165, 1.54) is 0 Å². The first-order valence-corrected chi connectivity index (χ1v) is 8.67. The molecule has 0 radical (unpaired) electrons. The molecule has 0 aliphatic carbocycles. The number of nitrogens with zero attached hydrogens (tertiary/aromatic N) is 2. The number of cyclic esters (lactones) is 2. The minimum absolute atomic E-state index is 0.224. The van der Waals surface area contributed by atoms with Crippen molar-refractivity contribution in [1.29, 1.82) is 0 Å². The molecule has 2 aliphatic heterocycles. The van der Waals surface area contributed by atoms with E-state index in [1.54, 1.807) is 9.80 Å². The molecular formula is C20H20N2O4. The third-order valence-corrected chi connectivity index (χ3v) is 4.86. The normalized spacial score (nSPS) is 22.5. The predicted octanol–water partition coefficient (Wildman–Crippen LogP) is 3.03. The van der Waals surface area contributed by atoms with E-state index in [2.05, 4.69) is 0 Å². The molecule has 6 nitrogen and oxygen atoms in total. The molecule has 2 aromatic carbocycles. The Labute approximate surface area is 151 Å². The van der Waals surface area contributed by atoms with Gasteiger partial charge in [0.25, 0.3) is 0 Å². The molecule has 0 spiro atoms. The van der Waals surface area contributed by atoms with Gasteiger partial charge >= 0.3 is 12.2 Å². The number of rotatable bonds is 5. The summed E-state index contributed by atoms with van der Waals surface area (Å²) in [5.41, 5.74) is 2.05. The van der Waals surface area contributed by atoms with Crippen molar-refractivity contribution in [2.45, 2.75) is 25.2 Å². The minimum atomic E-state index is -0.349. The highest BCUT2D eigenvalue weighted by Gasteiger charge is 2.46. The molecule has 2 aromatic rings. The summed E-state index contributed by atoms with van der Waals surface area (Å²) in [6, 6.07) is 19.1. The molecule has 2 amide bonds. The molecule has 0 bridgehead atoms. The summed E-state index contributed by atoms with van der Waals surface area (Å²) in [6.45, 7) is 1.43. The fourth-order valence-corrected chi connectivity index (χ4v) is 3.49. The lowest BCUT2D eigenvalue weighted by molar-refractivity contribution is 0.143. The Balaban J connectivity index is 1.53. The molecule has 4 rings (SSSR count). The summed E-state index contributed by atoms with van der Waals surface area (Å²) in [4.78, 5) is 27.9. The van der Waals surface area contributed by atoms with E-state index in [4.69, 9.17) is 9.47 Å². The first-order chi connectivity index (χ1) is 12.7. The molecule has 0 saturated carbocycles. The number of carbonyl (C=O) groups excluding carboxylic acids is 2. The van der Waals surface area contributed by atoms with Gasteiger partial charge in [-0.2, -0.15) is 0 Å². The Morgan fingerprint density at radius 1 is 0.692 bits per heavy atom. The van der Waals surface area contributed by atoms with Crippen molar-refractivity contribution in [3.8, 4) is 0 Å². The Kier molecular flexibility index (Phi) is 4.48. The zero-order chi connectivity index (χ0) is 17.9. The minimum Gasteiger partial charge on any atom is -0.447 e. The highest BCUT2D eigenvalue weighted by Crippen LogP contribution is 2.27. The van der Waals surface area contributed by atoms with Crippen LogP contribution < -0.4 is 0 Å². The fraction of sp³-hybridized carbons (Fsp3) is 0.300. The van der Waals surface area contributed by atoms with Gasteiger partial charge in [0.2, 0.25) is 0 Å². The molecule has 26 heavy (non-hydrogen) atoms. The van der Waals surface area contributed by atoms with Gasteiger partial charge in [0.05, 0.1) is 12.1 Å². The lowest BCUT2D eigenvalue weighted by atomic mass is 10.1. The van der Waals surface area contributed by atoms with Crippen molar-refractivity contribution in [2.75, 3.05) is 13.2 Å². The second-order valence-corrected chi connectivity index (χ2v) is 6.52. The molecule has 2 atom stereocenters. The molecule has 134 valence electrons. The van der Waals surface area contributed by atoms with Crippen LogP contribution in [0.25, 0.3) is 0 Å². The van der Waals surface area contributed by atoms with Crippen molar-refractivity contribution >= 4 is 12.2 Å². The van der Waals surface area contributed by atoms with Gasteiger partial charge in [0.1, 0.15) is 13.2 Å². The monoisotopic (exact) mass is 352 g/mol. The SMILES string of the molecule is O=C1OC[C@H]([C@H]2COC(=O)N2Cc2ccccc2)N1Cc1ccccc1. The Morgan fingerprint density at radius 3 is 1.46 bits per heavy atom. The zero-order valence-corrected chi connectivity index (χ0v) is 14.3. The summed E-state index contributed by atoms with van der Waals surface area (Å²) < 4.78 is 10.6. The van der Waals surface area contributed by atoms with Crippen LogP contribution in [0, 0.1) is 0 Å². The van der Waals surface area contributed by atoms with Gasteiger partial charge in [0.15, 0.2) is 0 Å². The average molecular weight is 352 g/mol. The molecule has 0 unspecified atom stereocenters. The van der Waals surface area contributed by atoms with Crippen molar-refractivity contribution in [3.63, 3.8) is 0 Å². The Morgan fingerprint density at radius 2 is 1.08 bits per heavy atom. The van der Waals surface area contributed by atoms with Gasteiger partial charge in [-0.05, 0) is 11.1 Å². The van der Waals surface area contributed by atoms with Crippen molar-refractivity contribution in [2.24, 2.45) is 0 Å². The third kappa shape index (κ3) is 3.22. The topological polar surface area (TPSA) is 59.1 Å². The van der Waals surface area contributed by atoms with Crippen LogP contribution in [-0.2, 0) is 22.6 Å². The molecule has 0 aromatic heterocycles. The summed E-state index contributed by atoms with van der Waals surface area (Å²) in [6.07, 6.45) is -0.698. The maximum atomic E-state index is 12.3. The van der Waals surface area contributed by atoms with Gasteiger partial charge in [-0.3, -0.25) is 9.80 Å². The van der Waals surface area contributed by atoms with Crippen LogP contribution in [0.4, 0.5) is 9.59 Å². The number of hydrogen-bond acceptors (Lipinski definition) is 4.